The van der Waals surface area contributed by atoms with Crippen molar-refractivity contribution in [2.24, 2.45) is 0 Å². The predicted molar refractivity (Wildman–Crippen MR) is 124 cm³/mol. The molecule has 0 bridgehead atoms. The molecule has 0 amide bonds. The highest BCUT2D eigenvalue weighted by atomic mass is 16.5. The number of ether oxygens (including phenoxy) is 2. The van der Waals surface area contributed by atoms with E-state index in [1.165, 1.54) is 6.42 Å². The average molecular weight is 435 g/mol. The first-order chi connectivity index (χ1) is 15.8. The van der Waals surface area contributed by atoms with Crippen molar-refractivity contribution < 1.29 is 9.47 Å². The fourth-order valence-electron chi connectivity index (χ4n) is 4.38. The van der Waals surface area contributed by atoms with Gasteiger partial charge in [-0.15, -0.1) is 0 Å². The van der Waals surface area contributed by atoms with E-state index in [1.54, 1.807) is 19.5 Å². The van der Waals surface area contributed by atoms with Crippen LogP contribution >= 0.6 is 0 Å². The molecule has 4 heterocycles. The Morgan fingerprint density at radius 3 is 2.72 bits per heavy atom. The van der Waals surface area contributed by atoms with Crippen LogP contribution in [0.25, 0.3) is 22.4 Å². The summed E-state index contributed by atoms with van der Waals surface area (Å²) in [6.07, 6.45) is 13.1. The number of piperidine rings is 1. The molecule has 5 rings (SSSR count). The first-order valence-corrected chi connectivity index (χ1v) is 11.4. The summed E-state index contributed by atoms with van der Waals surface area (Å²) in [6.45, 7) is 2.88. The minimum absolute atomic E-state index is 0.0333. The van der Waals surface area contributed by atoms with Gasteiger partial charge in [-0.25, -0.2) is 9.67 Å². The monoisotopic (exact) mass is 434 g/mol. The normalized spacial score (nSPS) is 19.6. The molecule has 2 aliphatic rings. The molecule has 0 radical (unpaired) electrons. The molecule has 168 valence electrons. The van der Waals surface area contributed by atoms with Crippen LogP contribution in [0.1, 0.15) is 38.3 Å². The second-order valence-corrected chi connectivity index (χ2v) is 8.40. The van der Waals surface area contributed by atoms with E-state index in [2.05, 4.69) is 31.8 Å². The van der Waals surface area contributed by atoms with Crippen LogP contribution in [-0.4, -0.2) is 52.6 Å². The van der Waals surface area contributed by atoms with Gasteiger partial charge < -0.3 is 20.1 Å². The highest BCUT2D eigenvalue weighted by Gasteiger charge is 2.18. The van der Waals surface area contributed by atoms with E-state index < -0.39 is 0 Å². The smallest absolute Gasteiger partial charge is 0.150 e. The third-order valence-corrected chi connectivity index (χ3v) is 6.21. The molecule has 0 aliphatic carbocycles. The maximum Gasteiger partial charge on any atom is 0.150 e. The molecule has 0 saturated carbocycles. The van der Waals surface area contributed by atoms with Crippen molar-refractivity contribution in [2.45, 2.75) is 44.4 Å². The topological polar surface area (TPSA) is 86.1 Å². The highest BCUT2D eigenvalue weighted by Crippen LogP contribution is 2.34. The zero-order valence-corrected chi connectivity index (χ0v) is 18.5. The highest BCUT2D eigenvalue weighted by molar-refractivity contribution is 5.74. The zero-order chi connectivity index (χ0) is 21.8. The van der Waals surface area contributed by atoms with E-state index in [0.29, 0.717) is 6.04 Å². The van der Waals surface area contributed by atoms with Gasteiger partial charge in [0.1, 0.15) is 17.8 Å². The van der Waals surface area contributed by atoms with E-state index in [4.69, 9.17) is 9.47 Å². The number of hydrogen-bond acceptors (Lipinski definition) is 7. The van der Waals surface area contributed by atoms with Crippen molar-refractivity contribution in [3.8, 4) is 28.1 Å². The van der Waals surface area contributed by atoms with Crippen LogP contribution < -0.4 is 15.4 Å². The van der Waals surface area contributed by atoms with Crippen molar-refractivity contribution in [3.05, 3.63) is 43.0 Å². The van der Waals surface area contributed by atoms with Crippen molar-refractivity contribution in [1.82, 2.24) is 25.1 Å². The Labute approximate surface area is 188 Å². The molecular formula is C24H30N6O2. The van der Waals surface area contributed by atoms with Gasteiger partial charge in [-0.2, -0.15) is 5.10 Å². The largest absolute Gasteiger partial charge is 0.496 e. The fourth-order valence-corrected chi connectivity index (χ4v) is 4.38. The molecule has 1 unspecified atom stereocenters. The van der Waals surface area contributed by atoms with Crippen LogP contribution in [0.4, 0.5) is 5.82 Å². The second-order valence-electron chi connectivity index (χ2n) is 8.40. The summed E-state index contributed by atoms with van der Waals surface area (Å²) in [7, 11) is 1.68. The van der Waals surface area contributed by atoms with E-state index in [-0.39, 0.29) is 6.23 Å². The first-order valence-electron chi connectivity index (χ1n) is 11.4. The SMILES string of the molecule is COc1cc(-c2cnn(C3CCCCO3)c2)ccc1-c1cnc(NC2CCNCC2)cn1. The molecule has 1 aromatic carbocycles. The Hall–Kier alpha value is -2.97. The number of methoxy groups -OCH3 is 1. The lowest BCUT2D eigenvalue weighted by molar-refractivity contribution is -0.0394. The number of nitrogens with one attached hydrogen (secondary N) is 2. The minimum atomic E-state index is 0.0333. The van der Waals surface area contributed by atoms with Gasteiger partial charge in [-0.1, -0.05) is 6.07 Å². The van der Waals surface area contributed by atoms with Crippen molar-refractivity contribution in [2.75, 3.05) is 32.1 Å². The van der Waals surface area contributed by atoms with Crippen LogP contribution in [0.15, 0.2) is 43.0 Å². The summed E-state index contributed by atoms with van der Waals surface area (Å²) in [5, 5.41) is 11.4. The second kappa shape index (κ2) is 9.67. The van der Waals surface area contributed by atoms with E-state index in [0.717, 1.165) is 79.3 Å². The van der Waals surface area contributed by atoms with Gasteiger partial charge >= 0.3 is 0 Å². The zero-order valence-electron chi connectivity index (χ0n) is 18.5. The molecule has 8 nitrogen and oxygen atoms in total. The van der Waals surface area contributed by atoms with Crippen LogP contribution in [0.3, 0.4) is 0 Å². The summed E-state index contributed by atoms with van der Waals surface area (Å²) in [5.41, 5.74) is 3.79. The minimum Gasteiger partial charge on any atom is -0.496 e. The van der Waals surface area contributed by atoms with Crippen LogP contribution in [0, 0.1) is 0 Å². The molecule has 2 aliphatic heterocycles. The van der Waals surface area contributed by atoms with Gasteiger partial charge in [0.15, 0.2) is 0 Å². The molecule has 32 heavy (non-hydrogen) atoms. The molecule has 2 saturated heterocycles. The van der Waals surface area contributed by atoms with Gasteiger partial charge in [0.2, 0.25) is 0 Å². The Kier molecular flexibility index (Phi) is 6.31. The number of benzene rings is 1. The lowest BCUT2D eigenvalue weighted by atomic mass is 10.0. The van der Waals surface area contributed by atoms with Gasteiger partial charge in [0.25, 0.3) is 0 Å². The van der Waals surface area contributed by atoms with E-state index in [9.17, 15) is 0 Å². The van der Waals surface area contributed by atoms with Crippen molar-refractivity contribution in [1.29, 1.82) is 0 Å². The Balaban J connectivity index is 1.32. The third-order valence-electron chi connectivity index (χ3n) is 6.21. The standard InChI is InChI=1S/C24H30N6O2/c1-31-22-12-17(18-13-28-30(16-18)24-4-2-3-11-32-24)5-6-20(22)21-14-27-23(15-26-21)29-19-7-9-25-10-8-19/h5-6,12-16,19,24-25H,2-4,7-11H2,1H3,(H,27,29). The van der Waals surface area contributed by atoms with Crippen LogP contribution in [0.5, 0.6) is 5.75 Å². The van der Waals surface area contributed by atoms with E-state index in [1.807, 2.05) is 29.2 Å². The van der Waals surface area contributed by atoms with Crippen LogP contribution in [-0.2, 0) is 4.74 Å². The quantitative estimate of drug-likeness (QED) is 0.609. The summed E-state index contributed by atoms with van der Waals surface area (Å²) in [4.78, 5) is 9.22. The molecular weight excluding hydrogens is 404 g/mol. The predicted octanol–water partition coefficient (Wildman–Crippen LogP) is 3.88. The summed E-state index contributed by atoms with van der Waals surface area (Å²) in [6, 6.07) is 6.59. The lowest BCUT2D eigenvalue weighted by Gasteiger charge is -2.24. The Morgan fingerprint density at radius 2 is 1.97 bits per heavy atom. The lowest BCUT2D eigenvalue weighted by Crippen LogP contribution is -2.35. The molecule has 8 heteroatoms. The fraction of sp³-hybridized carbons (Fsp3) is 0.458. The number of nitrogens with zero attached hydrogens (tertiary/aromatic N) is 4. The maximum atomic E-state index is 5.84. The Morgan fingerprint density at radius 1 is 1.06 bits per heavy atom. The third kappa shape index (κ3) is 4.61. The molecule has 0 spiro atoms. The van der Waals surface area contributed by atoms with Crippen molar-refractivity contribution >= 4 is 5.82 Å². The molecule has 1 atom stereocenters. The summed E-state index contributed by atoms with van der Waals surface area (Å²) >= 11 is 0. The van der Waals surface area contributed by atoms with Crippen LogP contribution in [0.2, 0.25) is 0 Å². The van der Waals surface area contributed by atoms with Crippen molar-refractivity contribution in [3.63, 3.8) is 0 Å². The number of rotatable bonds is 6. The van der Waals surface area contributed by atoms with Gasteiger partial charge in [-0.3, -0.25) is 4.98 Å². The molecule has 2 aromatic heterocycles. The first kappa shape index (κ1) is 20.9. The van der Waals surface area contributed by atoms with Gasteiger partial charge in [0, 0.05) is 30.0 Å². The molecule has 2 fully saturated rings. The molecule has 2 N–H and O–H groups in total. The van der Waals surface area contributed by atoms with Gasteiger partial charge in [0.05, 0.1) is 31.4 Å². The summed E-state index contributed by atoms with van der Waals surface area (Å²) in [5.74, 6) is 1.58. The number of anilines is 1. The number of aromatic nitrogens is 4. The summed E-state index contributed by atoms with van der Waals surface area (Å²) < 4.78 is 13.5. The maximum absolute atomic E-state index is 5.84. The van der Waals surface area contributed by atoms with Gasteiger partial charge in [-0.05, 0) is 62.9 Å². The molecule has 3 aromatic rings. The average Bonchev–Trinajstić information content (AvgIpc) is 3.36. The Bertz CT molecular complexity index is 1020. The number of hydrogen-bond donors (Lipinski definition) is 2. The van der Waals surface area contributed by atoms with E-state index >= 15 is 0 Å².